The van der Waals surface area contributed by atoms with Crippen molar-refractivity contribution in [3.63, 3.8) is 0 Å². The normalized spacial score (nSPS) is 10.4. The van der Waals surface area contributed by atoms with Crippen molar-refractivity contribution in [1.29, 1.82) is 0 Å². The minimum Gasteiger partial charge on any atom is -0.454 e. The van der Waals surface area contributed by atoms with Gasteiger partial charge in [0.2, 0.25) is 5.78 Å². The molecule has 114 valence electrons. The number of hydrogen-bond donors (Lipinski definition) is 0. The Hall–Kier alpha value is -2.49. The Balaban J connectivity index is 2.05. The van der Waals surface area contributed by atoms with E-state index in [0.717, 1.165) is 22.4 Å². The first-order chi connectivity index (χ1) is 10.4. The van der Waals surface area contributed by atoms with Crippen molar-refractivity contribution in [2.45, 2.75) is 27.7 Å². The van der Waals surface area contributed by atoms with Crippen LogP contribution < -0.4 is 0 Å². The van der Waals surface area contributed by atoms with Gasteiger partial charge in [-0.25, -0.2) is 4.79 Å². The summed E-state index contributed by atoms with van der Waals surface area (Å²) in [6.07, 6.45) is 1.45. The zero-order valence-electron chi connectivity index (χ0n) is 13.3. The molecule has 4 heteroatoms. The molecule has 0 saturated carbocycles. The van der Waals surface area contributed by atoms with E-state index in [1.54, 1.807) is 12.1 Å². The number of Topliss-reactive ketones (excluding diaryl/α,β-unsaturated/α-hetero) is 1. The molecule has 0 unspecified atom stereocenters. The Kier molecular flexibility index (Phi) is 4.71. The Morgan fingerprint density at radius 1 is 1.00 bits per heavy atom. The van der Waals surface area contributed by atoms with Gasteiger partial charge in [-0.1, -0.05) is 6.07 Å². The van der Waals surface area contributed by atoms with Crippen LogP contribution in [0.4, 0.5) is 0 Å². The van der Waals surface area contributed by atoms with Crippen LogP contribution in [0.15, 0.2) is 30.5 Å². The highest BCUT2D eigenvalue weighted by Crippen LogP contribution is 2.16. The number of rotatable bonds is 4. The summed E-state index contributed by atoms with van der Waals surface area (Å²) in [5.41, 5.74) is 4.83. The van der Waals surface area contributed by atoms with E-state index < -0.39 is 5.97 Å². The van der Waals surface area contributed by atoms with Crippen LogP contribution in [0.1, 0.15) is 43.1 Å². The fraction of sp³-hybridized carbons (Fsp3) is 0.278. The molecular weight excluding hydrogens is 278 g/mol. The van der Waals surface area contributed by atoms with Gasteiger partial charge in [-0.2, -0.15) is 0 Å². The highest BCUT2D eigenvalue weighted by Gasteiger charge is 2.14. The number of carbonyl (C=O) groups is 2. The topological polar surface area (TPSA) is 56.3 Å². The van der Waals surface area contributed by atoms with Gasteiger partial charge < -0.3 is 4.74 Å². The van der Waals surface area contributed by atoms with E-state index in [0.29, 0.717) is 11.1 Å². The number of aromatic nitrogens is 1. The summed E-state index contributed by atoms with van der Waals surface area (Å²) < 4.78 is 5.08. The fourth-order valence-corrected chi connectivity index (χ4v) is 2.14. The van der Waals surface area contributed by atoms with Crippen molar-refractivity contribution < 1.29 is 14.3 Å². The lowest BCUT2D eigenvalue weighted by molar-refractivity contribution is 0.0474. The maximum absolute atomic E-state index is 12.2. The average molecular weight is 297 g/mol. The molecule has 0 aliphatic rings. The molecule has 22 heavy (non-hydrogen) atoms. The van der Waals surface area contributed by atoms with Gasteiger partial charge in [0.25, 0.3) is 0 Å². The molecule has 0 amide bonds. The molecule has 0 atom stereocenters. The number of aryl methyl sites for hydroxylation is 4. The number of ketones is 1. The molecule has 1 heterocycles. The fourth-order valence-electron chi connectivity index (χ4n) is 2.14. The molecule has 0 N–H and O–H groups in total. The van der Waals surface area contributed by atoms with Gasteiger partial charge >= 0.3 is 5.97 Å². The minimum atomic E-state index is -0.540. The van der Waals surface area contributed by atoms with Crippen LogP contribution in [0, 0.1) is 27.7 Å². The van der Waals surface area contributed by atoms with Crippen molar-refractivity contribution in [2.24, 2.45) is 0 Å². The zero-order valence-corrected chi connectivity index (χ0v) is 13.3. The number of nitrogens with zero attached hydrogens (tertiary/aromatic N) is 1. The van der Waals surface area contributed by atoms with E-state index in [9.17, 15) is 9.59 Å². The Morgan fingerprint density at radius 3 is 2.32 bits per heavy atom. The minimum absolute atomic E-state index is 0.200. The van der Waals surface area contributed by atoms with Crippen LogP contribution in [0.2, 0.25) is 0 Å². The number of hydrogen-bond acceptors (Lipinski definition) is 4. The molecule has 1 aromatic heterocycles. The van der Waals surface area contributed by atoms with E-state index in [1.807, 2.05) is 39.8 Å². The van der Waals surface area contributed by atoms with E-state index >= 15 is 0 Å². The van der Waals surface area contributed by atoms with E-state index in [4.69, 9.17) is 4.74 Å². The van der Waals surface area contributed by atoms with Gasteiger partial charge in [-0.3, -0.25) is 9.78 Å². The third kappa shape index (κ3) is 3.58. The van der Waals surface area contributed by atoms with Gasteiger partial charge in [0, 0.05) is 17.5 Å². The van der Waals surface area contributed by atoms with Gasteiger partial charge in [-0.15, -0.1) is 0 Å². The van der Waals surface area contributed by atoms with Crippen LogP contribution >= 0.6 is 0 Å². The van der Waals surface area contributed by atoms with Crippen molar-refractivity contribution in [2.75, 3.05) is 6.61 Å². The second-order valence-corrected chi connectivity index (χ2v) is 5.44. The summed E-state index contributed by atoms with van der Waals surface area (Å²) in [6.45, 7) is 7.40. The molecule has 0 fully saturated rings. The van der Waals surface area contributed by atoms with Crippen molar-refractivity contribution in [3.05, 3.63) is 64.0 Å². The quantitative estimate of drug-likeness (QED) is 0.641. The number of carbonyl (C=O) groups excluding carboxylic acids is 2. The van der Waals surface area contributed by atoms with Crippen molar-refractivity contribution in [3.8, 4) is 0 Å². The average Bonchev–Trinajstić information content (AvgIpc) is 2.49. The lowest BCUT2D eigenvalue weighted by Gasteiger charge is -2.09. The first kappa shape index (κ1) is 15.9. The summed E-state index contributed by atoms with van der Waals surface area (Å²) in [6, 6.07) is 7.17. The van der Waals surface area contributed by atoms with Crippen LogP contribution in [-0.4, -0.2) is 23.3 Å². The molecule has 0 aliphatic heterocycles. The van der Waals surface area contributed by atoms with Gasteiger partial charge in [-0.05, 0) is 62.6 Å². The Morgan fingerprint density at radius 2 is 1.68 bits per heavy atom. The highest BCUT2D eigenvalue weighted by atomic mass is 16.5. The zero-order chi connectivity index (χ0) is 16.3. The Bertz CT molecular complexity index is 718. The summed E-state index contributed by atoms with van der Waals surface area (Å²) in [4.78, 5) is 28.1. The lowest BCUT2D eigenvalue weighted by atomic mass is 9.98. The maximum Gasteiger partial charge on any atom is 0.340 e. The van der Waals surface area contributed by atoms with Crippen molar-refractivity contribution in [1.82, 2.24) is 4.98 Å². The maximum atomic E-state index is 12.2. The summed E-state index contributed by atoms with van der Waals surface area (Å²) in [5, 5.41) is 0. The smallest absolute Gasteiger partial charge is 0.340 e. The third-order valence-corrected chi connectivity index (χ3v) is 3.62. The standard InChI is InChI=1S/C18H19NO3/c1-11-7-13(3)16(8-12(11)2)17(20)10-22-18(21)15-6-5-14(4)19-9-15/h5-9H,10H2,1-4H3. The van der Waals surface area contributed by atoms with Gasteiger partial charge in [0.1, 0.15) is 0 Å². The second-order valence-electron chi connectivity index (χ2n) is 5.44. The first-order valence-corrected chi connectivity index (χ1v) is 7.09. The Labute approximate surface area is 130 Å². The summed E-state index contributed by atoms with van der Waals surface area (Å²) in [5.74, 6) is -0.739. The van der Waals surface area contributed by atoms with Gasteiger partial charge in [0.15, 0.2) is 6.61 Å². The summed E-state index contributed by atoms with van der Waals surface area (Å²) >= 11 is 0. The van der Waals surface area contributed by atoms with Crippen LogP contribution in [-0.2, 0) is 4.74 Å². The van der Waals surface area contributed by atoms with Crippen LogP contribution in [0.5, 0.6) is 0 Å². The van der Waals surface area contributed by atoms with E-state index in [2.05, 4.69) is 4.98 Å². The molecular formula is C18H19NO3. The molecule has 0 saturated heterocycles. The van der Waals surface area contributed by atoms with Crippen LogP contribution in [0.3, 0.4) is 0 Å². The number of esters is 1. The predicted octanol–water partition coefficient (Wildman–Crippen LogP) is 3.35. The molecule has 4 nitrogen and oxygen atoms in total. The van der Waals surface area contributed by atoms with Crippen molar-refractivity contribution >= 4 is 11.8 Å². The number of ether oxygens (including phenoxy) is 1. The molecule has 1 aromatic carbocycles. The molecule has 0 spiro atoms. The molecule has 2 aromatic rings. The monoisotopic (exact) mass is 297 g/mol. The molecule has 0 bridgehead atoms. The first-order valence-electron chi connectivity index (χ1n) is 7.09. The highest BCUT2D eigenvalue weighted by molar-refractivity contribution is 6.00. The van der Waals surface area contributed by atoms with Gasteiger partial charge in [0.05, 0.1) is 5.56 Å². The summed E-state index contributed by atoms with van der Waals surface area (Å²) in [7, 11) is 0. The number of pyridine rings is 1. The molecule has 2 rings (SSSR count). The molecule has 0 radical (unpaired) electrons. The van der Waals surface area contributed by atoms with E-state index in [1.165, 1.54) is 6.20 Å². The molecule has 0 aliphatic carbocycles. The third-order valence-electron chi connectivity index (χ3n) is 3.62. The van der Waals surface area contributed by atoms with E-state index in [-0.39, 0.29) is 12.4 Å². The second kappa shape index (κ2) is 6.52. The predicted molar refractivity (Wildman–Crippen MR) is 84.2 cm³/mol. The number of benzene rings is 1. The van der Waals surface area contributed by atoms with Crippen LogP contribution in [0.25, 0.3) is 0 Å². The largest absolute Gasteiger partial charge is 0.454 e. The SMILES string of the molecule is Cc1ccc(C(=O)OCC(=O)c2cc(C)c(C)cc2C)cn1. The lowest BCUT2D eigenvalue weighted by Crippen LogP contribution is -2.15.